The molecule has 0 aliphatic rings. The molecule has 1 aromatic heterocycles. The molecule has 0 saturated heterocycles. The van der Waals surface area contributed by atoms with E-state index in [0.29, 0.717) is 39.5 Å². The van der Waals surface area contributed by atoms with Gasteiger partial charge in [-0.2, -0.15) is 9.78 Å². The second kappa shape index (κ2) is 11.2. The smallest absolute Gasteiger partial charge is 0.282 e. The summed E-state index contributed by atoms with van der Waals surface area (Å²) in [5.41, 5.74) is 2.21. The van der Waals surface area contributed by atoms with E-state index in [-0.39, 0.29) is 18.1 Å². The molecule has 0 aliphatic heterocycles. The third-order valence-corrected chi connectivity index (χ3v) is 5.73. The van der Waals surface area contributed by atoms with Crippen molar-refractivity contribution in [3.63, 3.8) is 0 Å². The van der Waals surface area contributed by atoms with Crippen LogP contribution in [0.15, 0.2) is 113 Å². The van der Waals surface area contributed by atoms with Crippen molar-refractivity contribution in [1.29, 1.82) is 0 Å². The standard InChI is InChI=1S/C30H24N4O4/c1-37-26-18-10-13-22(28(26)38-20-27(35)32-23-14-6-3-7-15-23)19-31-34-29(21-11-4-2-5-12-21)33-25-17-9-8-16-24(25)30(34)36/h2-19H,20H2,1H3,(H,32,35). The number of rotatable bonds is 8. The van der Waals surface area contributed by atoms with Crippen LogP contribution in [0.25, 0.3) is 22.3 Å². The number of nitrogens with one attached hydrogen (secondary N) is 1. The molecule has 1 N–H and O–H groups in total. The first-order valence-electron chi connectivity index (χ1n) is 11.9. The lowest BCUT2D eigenvalue weighted by Gasteiger charge is -2.14. The van der Waals surface area contributed by atoms with Crippen LogP contribution in [-0.4, -0.2) is 35.5 Å². The van der Waals surface area contributed by atoms with Crippen molar-refractivity contribution in [1.82, 2.24) is 9.66 Å². The maximum atomic E-state index is 13.4. The second-order valence-electron chi connectivity index (χ2n) is 8.26. The number of ether oxygens (including phenoxy) is 2. The van der Waals surface area contributed by atoms with Gasteiger partial charge < -0.3 is 14.8 Å². The van der Waals surface area contributed by atoms with Crippen LogP contribution in [-0.2, 0) is 4.79 Å². The topological polar surface area (TPSA) is 94.8 Å². The molecular weight excluding hydrogens is 480 g/mol. The quantitative estimate of drug-likeness (QED) is 0.301. The van der Waals surface area contributed by atoms with E-state index in [2.05, 4.69) is 10.4 Å². The summed E-state index contributed by atoms with van der Waals surface area (Å²) in [4.78, 5) is 30.6. The van der Waals surface area contributed by atoms with E-state index in [9.17, 15) is 9.59 Å². The third kappa shape index (κ3) is 5.29. The van der Waals surface area contributed by atoms with E-state index >= 15 is 0 Å². The van der Waals surface area contributed by atoms with E-state index in [4.69, 9.17) is 14.5 Å². The van der Waals surface area contributed by atoms with Crippen molar-refractivity contribution in [2.45, 2.75) is 0 Å². The predicted molar refractivity (Wildman–Crippen MR) is 148 cm³/mol. The Hall–Kier alpha value is -5.24. The molecule has 0 fully saturated rings. The van der Waals surface area contributed by atoms with Crippen molar-refractivity contribution in [2.24, 2.45) is 5.10 Å². The Bertz CT molecular complexity index is 1670. The lowest BCUT2D eigenvalue weighted by Crippen LogP contribution is -2.21. The molecule has 0 bridgehead atoms. The minimum atomic E-state index is -0.327. The number of para-hydroxylation sites is 3. The van der Waals surface area contributed by atoms with Gasteiger partial charge in [-0.15, -0.1) is 0 Å². The molecule has 0 radical (unpaired) electrons. The second-order valence-corrected chi connectivity index (χ2v) is 8.26. The van der Waals surface area contributed by atoms with Gasteiger partial charge in [-0.25, -0.2) is 4.98 Å². The molecule has 188 valence electrons. The third-order valence-electron chi connectivity index (χ3n) is 5.73. The minimum absolute atomic E-state index is 0.247. The van der Waals surface area contributed by atoms with Gasteiger partial charge in [-0.05, 0) is 36.4 Å². The van der Waals surface area contributed by atoms with E-state index in [1.807, 2.05) is 54.6 Å². The largest absolute Gasteiger partial charge is 0.493 e. The summed E-state index contributed by atoms with van der Waals surface area (Å²) < 4.78 is 12.6. The summed E-state index contributed by atoms with van der Waals surface area (Å²) in [5.74, 6) is 0.822. The van der Waals surface area contributed by atoms with Gasteiger partial charge in [-0.1, -0.05) is 66.7 Å². The highest BCUT2D eigenvalue weighted by Gasteiger charge is 2.15. The Morgan fingerprint density at radius 2 is 1.63 bits per heavy atom. The number of aromatic nitrogens is 2. The monoisotopic (exact) mass is 504 g/mol. The van der Waals surface area contributed by atoms with Gasteiger partial charge in [0.25, 0.3) is 11.5 Å². The summed E-state index contributed by atoms with van der Waals surface area (Å²) in [6.07, 6.45) is 1.50. The van der Waals surface area contributed by atoms with Crippen molar-refractivity contribution >= 4 is 28.7 Å². The van der Waals surface area contributed by atoms with Gasteiger partial charge in [-0.3, -0.25) is 9.59 Å². The molecule has 0 aliphatic carbocycles. The van der Waals surface area contributed by atoms with Crippen molar-refractivity contribution < 1.29 is 14.3 Å². The van der Waals surface area contributed by atoms with E-state index in [1.54, 1.807) is 48.5 Å². The number of carbonyl (C=O) groups is 1. The molecular formula is C30H24N4O4. The summed E-state index contributed by atoms with van der Waals surface area (Å²) in [6.45, 7) is -0.247. The van der Waals surface area contributed by atoms with Gasteiger partial charge in [0.2, 0.25) is 0 Å². The van der Waals surface area contributed by atoms with Crippen LogP contribution in [0.4, 0.5) is 5.69 Å². The number of fused-ring (bicyclic) bond motifs is 1. The highest BCUT2D eigenvalue weighted by atomic mass is 16.5. The van der Waals surface area contributed by atoms with Gasteiger partial charge in [0.15, 0.2) is 23.9 Å². The molecule has 1 heterocycles. The van der Waals surface area contributed by atoms with Crippen molar-refractivity contribution in [2.75, 3.05) is 19.0 Å². The lowest BCUT2D eigenvalue weighted by molar-refractivity contribution is -0.118. The van der Waals surface area contributed by atoms with E-state index < -0.39 is 0 Å². The Balaban J connectivity index is 1.50. The van der Waals surface area contributed by atoms with Gasteiger partial charge in [0.05, 0.1) is 24.2 Å². The molecule has 8 nitrogen and oxygen atoms in total. The summed E-state index contributed by atoms with van der Waals surface area (Å²) in [6, 6.07) is 30.9. The molecule has 5 aromatic rings. The highest BCUT2D eigenvalue weighted by molar-refractivity contribution is 5.92. The fraction of sp³-hybridized carbons (Fsp3) is 0.0667. The average Bonchev–Trinajstić information content (AvgIpc) is 2.96. The first-order chi connectivity index (χ1) is 18.6. The fourth-order valence-corrected chi connectivity index (χ4v) is 3.93. The first-order valence-corrected chi connectivity index (χ1v) is 11.9. The van der Waals surface area contributed by atoms with Crippen LogP contribution in [0.1, 0.15) is 5.56 Å². The lowest BCUT2D eigenvalue weighted by atomic mass is 10.2. The molecule has 0 unspecified atom stereocenters. The summed E-state index contributed by atoms with van der Waals surface area (Å²) in [5, 5.41) is 7.75. The summed E-state index contributed by atoms with van der Waals surface area (Å²) >= 11 is 0. The average molecular weight is 505 g/mol. The zero-order chi connectivity index (χ0) is 26.3. The molecule has 1 amide bonds. The summed E-state index contributed by atoms with van der Waals surface area (Å²) in [7, 11) is 1.51. The Kier molecular flexibility index (Phi) is 7.22. The van der Waals surface area contributed by atoms with Gasteiger partial charge in [0.1, 0.15) is 0 Å². The molecule has 5 rings (SSSR count). The first kappa shape index (κ1) is 24.5. The van der Waals surface area contributed by atoms with Crippen LogP contribution in [0.5, 0.6) is 11.5 Å². The molecule has 0 saturated carbocycles. The number of carbonyl (C=O) groups excluding carboxylic acids is 1. The SMILES string of the molecule is COc1cccc(C=Nn2c(-c3ccccc3)nc3ccccc3c2=O)c1OCC(=O)Nc1ccccc1. The molecule has 0 atom stereocenters. The Morgan fingerprint density at radius 1 is 0.921 bits per heavy atom. The van der Waals surface area contributed by atoms with Crippen LogP contribution in [0, 0.1) is 0 Å². The number of anilines is 1. The molecule has 38 heavy (non-hydrogen) atoms. The molecule has 4 aromatic carbocycles. The normalized spacial score (nSPS) is 11.0. The van der Waals surface area contributed by atoms with Crippen molar-refractivity contribution in [3.05, 3.63) is 119 Å². The predicted octanol–water partition coefficient (Wildman–Crippen LogP) is 4.97. The van der Waals surface area contributed by atoms with Crippen LogP contribution < -0.4 is 20.3 Å². The highest BCUT2D eigenvalue weighted by Crippen LogP contribution is 2.30. The number of hydrogen-bond donors (Lipinski definition) is 1. The number of amides is 1. The number of nitrogens with zero attached hydrogens (tertiary/aromatic N) is 3. The zero-order valence-corrected chi connectivity index (χ0v) is 20.6. The zero-order valence-electron chi connectivity index (χ0n) is 20.6. The fourth-order valence-electron chi connectivity index (χ4n) is 3.93. The molecule has 0 spiro atoms. The number of methoxy groups -OCH3 is 1. The number of benzene rings is 4. The van der Waals surface area contributed by atoms with E-state index in [1.165, 1.54) is 18.0 Å². The molecule has 8 heteroatoms. The minimum Gasteiger partial charge on any atom is -0.493 e. The maximum Gasteiger partial charge on any atom is 0.282 e. The van der Waals surface area contributed by atoms with Crippen LogP contribution in [0.3, 0.4) is 0 Å². The Morgan fingerprint density at radius 3 is 2.39 bits per heavy atom. The van der Waals surface area contributed by atoms with Crippen molar-refractivity contribution in [3.8, 4) is 22.9 Å². The number of hydrogen-bond acceptors (Lipinski definition) is 6. The van der Waals surface area contributed by atoms with Crippen LogP contribution >= 0.6 is 0 Å². The Labute approximate surface area is 218 Å². The van der Waals surface area contributed by atoms with E-state index in [0.717, 1.165) is 5.56 Å². The van der Waals surface area contributed by atoms with Gasteiger partial charge in [0, 0.05) is 16.8 Å². The van der Waals surface area contributed by atoms with Gasteiger partial charge >= 0.3 is 0 Å². The maximum absolute atomic E-state index is 13.4. The van der Waals surface area contributed by atoms with Crippen LogP contribution in [0.2, 0.25) is 0 Å².